The molecule has 1 atom stereocenters. The Morgan fingerprint density at radius 1 is 1.27 bits per heavy atom. The number of halogens is 3. The van der Waals surface area contributed by atoms with Gasteiger partial charge in [0.1, 0.15) is 11.4 Å². The maximum atomic E-state index is 12.7. The van der Waals surface area contributed by atoms with Crippen molar-refractivity contribution in [2.45, 2.75) is 24.9 Å². The van der Waals surface area contributed by atoms with Crippen LogP contribution in [0.4, 0.5) is 13.2 Å². The van der Waals surface area contributed by atoms with Crippen molar-refractivity contribution in [1.29, 1.82) is 0 Å². The van der Waals surface area contributed by atoms with E-state index in [-0.39, 0.29) is 29.0 Å². The van der Waals surface area contributed by atoms with Gasteiger partial charge in [-0.15, -0.1) is 0 Å². The number of likely N-dealkylation sites (tertiary alicyclic amines) is 1. The van der Waals surface area contributed by atoms with E-state index in [2.05, 4.69) is 29.8 Å². The summed E-state index contributed by atoms with van der Waals surface area (Å²) in [5.74, 6) is -2.06. The topological polar surface area (TPSA) is 118 Å². The highest BCUT2D eigenvalue weighted by Gasteiger charge is 2.38. The van der Waals surface area contributed by atoms with Crippen LogP contribution in [-0.2, 0) is 6.18 Å². The largest absolute Gasteiger partial charge is 0.471 e. The number of hydrogen-bond donors (Lipinski definition) is 1. The number of nitrogens with zero attached hydrogens (tertiary/aromatic N) is 5. The smallest absolute Gasteiger partial charge is 0.337 e. The molecule has 0 saturated carbocycles. The molecule has 1 fully saturated rings. The highest BCUT2D eigenvalue weighted by atomic mass is 19.4. The molecule has 1 amide bonds. The Bertz CT molecular complexity index is 1110. The van der Waals surface area contributed by atoms with Crippen molar-refractivity contribution in [3.63, 3.8) is 0 Å². The SMILES string of the molecule is O=C(c1ccc(=O)[nH]n1)N1CCC[C@@H](c2ccnc(-c3noc(C(F)(F)F)n3)c2)C1. The van der Waals surface area contributed by atoms with Gasteiger partial charge in [0.15, 0.2) is 0 Å². The number of amides is 1. The summed E-state index contributed by atoms with van der Waals surface area (Å²) in [6.07, 6.45) is -1.76. The van der Waals surface area contributed by atoms with Crippen LogP contribution in [0.25, 0.3) is 11.5 Å². The summed E-state index contributed by atoms with van der Waals surface area (Å²) in [7, 11) is 0. The van der Waals surface area contributed by atoms with Crippen LogP contribution in [0.5, 0.6) is 0 Å². The van der Waals surface area contributed by atoms with Gasteiger partial charge in [-0.1, -0.05) is 5.16 Å². The molecule has 4 heterocycles. The molecule has 0 bridgehead atoms. The summed E-state index contributed by atoms with van der Waals surface area (Å²) in [6, 6.07) is 5.94. The minimum Gasteiger partial charge on any atom is -0.337 e. The third-order valence-electron chi connectivity index (χ3n) is 4.76. The van der Waals surface area contributed by atoms with Gasteiger partial charge < -0.3 is 9.42 Å². The highest BCUT2D eigenvalue weighted by Crippen LogP contribution is 2.31. The second-order valence-electron chi connectivity index (χ2n) is 6.79. The average Bonchev–Trinajstić information content (AvgIpc) is 3.25. The number of carbonyl (C=O) groups is 1. The lowest BCUT2D eigenvalue weighted by molar-refractivity contribution is -0.159. The number of alkyl halides is 3. The van der Waals surface area contributed by atoms with Crippen LogP contribution >= 0.6 is 0 Å². The monoisotopic (exact) mass is 420 g/mol. The fraction of sp³-hybridized carbons (Fsp3) is 0.333. The Kier molecular flexibility index (Phi) is 5.06. The van der Waals surface area contributed by atoms with Gasteiger partial charge >= 0.3 is 12.1 Å². The van der Waals surface area contributed by atoms with Gasteiger partial charge in [-0.3, -0.25) is 14.6 Å². The van der Waals surface area contributed by atoms with Gasteiger partial charge in [-0.25, -0.2) is 5.10 Å². The average molecular weight is 420 g/mol. The molecule has 3 aromatic rings. The van der Waals surface area contributed by atoms with Crippen molar-refractivity contribution in [3.8, 4) is 11.5 Å². The maximum absolute atomic E-state index is 12.7. The van der Waals surface area contributed by atoms with E-state index in [1.807, 2.05) is 0 Å². The molecule has 0 radical (unpaired) electrons. The van der Waals surface area contributed by atoms with Crippen molar-refractivity contribution in [2.24, 2.45) is 0 Å². The highest BCUT2D eigenvalue weighted by molar-refractivity contribution is 5.92. The molecule has 1 aliphatic rings. The van der Waals surface area contributed by atoms with Crippen molar-refractivity contribution in [1.82, 2.24) is 30.2 Å². The third-order valence-corrected chi connectivity index (χ3v) is 4.76. The van der Waals surface area contributed by atoms with Crippen LogP contribution in [0.3, 0.4) is 0 Å². The minimum atomic E-state index is -4.73. The van der Waals surface area contributed by atoms with Crippen LogP contribution in [0.2, 0.25) is 0 Å². The number of aromatic amines is 1. The van der Waals surface area contributed by atoms with Gasteiger partial charge in [0.25, 0.3) is 11.5 Å². The lowest BCUT2D eigenvalue weighted by Crippen LogP contribution is -2.39. The van der Waals surface area contributed by atoms with E-state index >= 15 is 0 Å². The van der Waals surface area contributed by atoms with Crippen LogP contribution in [0.15, 0.2) is 39.8 Å². The summed E-state index contributed by atoms with van der Waals surface area (Å²) in [6.45, 7) is 0.928. The summed E-state index contributed by atoms with van der Waals surface area (Å²) in [4.78, 5) is 32.8. The molecule has 3 aromatic heterocycles. The number of aromatic nitrogens is 5. The van der Waals surface area contributed by atoms with Gasteiger partial charge in [0, 0.05) is 31.3 Å². The van der Waals surface area contributed by atoms with E-state index in [1.165, 1.54) is 18.3 Å². The third kappa shape index (κ3) is 4.07. The van der Waals surface area contributed by atoms with Crippen LogP contribution in [0, 0.1) is 0 Å². The van der Waals surface area contributed by atoms with Crippen molar-refractivity contribution >= 4 is 5.91 Å². The second kappa shape index (κ2) is 7.69. The first-order valence-electron chi connectivity index (χ1n) is 9.03. The summed E-state index contributed by atoms with van der Waals surface area (Å²) >= 11 is 0. The molecule has 9 nitrogen and oxygen atoms in total. The molecule has 1 saturated heterocycles. The van der Waals surface area contributed by atoms with Gasteiger partial charge in [0.2, 0.25) is 5.82 Å². The first-order valence-corrected chi connectivity index (χ1v) is 9.03. The van der Waals surface area contributed by atoms with E-state index in [1.54, 1.807) is 17.0 Å². The number of H-pyrrole nitrogens is 1. The molecule has 0 spiro atoms. The fourth-order valence-electron chi connectivity index (χ4n) is 3.33. The van der Waals surface area contributed by atoms with E-state index < -0.39 is 17.6 Å². The summed E-state index contributed by atoms with van der Waals surface area (Å²) in [5.41, 5.74) is 0.683. The number of pyridine rings is 1. The Labute approximate surface area is 166 Å². The molecule has 4 rings (SSSR count). The zero-order valence-corrected chi connectivity index (χ0v) is 15.4. The maximum Gasteiger partial charge on any atom is 0.471 e. The Hall–Kier alpha value is -3.57. The normalized spacial score (nSPS) is 17.2. The molecular formula is C18H15F3N6O3. The number of piperidine rings is 1. The minimum absolute atomic E-state index is 0.0544. The standard InChI is InChI=1S/C18H15F3N6O3/c19-18(20,21)17-23-15(26-30-17)13-8-10(5-6-22-13)11-2-1-7-27(9-11)16(29)12-3-4-14(28)25-24-12/h3-6,8,11H,1-2,7,9H2,(H,25,28)/t11-/m1/s1. The Morgan fingerprint density at radius 3 is 2.80 bits per heavy atom. The van der Waals surface area contributed by atoms with E-state index in [0.29, 0.717) is 13.1 Å². The van der Waals surface area contributed by atoms with Gasteiger partial charge in [-0.2, -0.15) is 23.3 Å². The number of hydrogen-bond acceptors (Lipinski definition) is 7. The van der Waals surface area contributed by atoms with Crippen LogP contribution < -0.4 is 5.56 Å². The molecule has 1 N–H and O–H groups in total. The molecule has 12 heteroatoms. The molecule has 0 aromatic carbocycles. The first kappa shape index (κ1) is 19.7. The zero-order chi connectivity index (χ0) is 21.3. The number of rotatable bonds is 3. The predicted octanol–water partition coefficient (Wildman–Crippen LogP) is 2.25. The molecule has 0 unspecified atom stereocenters. The van der Waals surface area contributed by atoms with Gasteiger partial charge in [-0.05, 0) is 36.6 Å². The second-order valence-corrected chi connectivity index (χ2v) is 6.79. The number of nitrogens with one attached hydrogen (secondary N) is 1. The molecule has 0 aliphatic carbocycles. The lowest BCUT2D eigenvalue weighted by Gasteiger charge is -2.32. The van der Waals surface area contributed by atoms with E-state index in [4.69, 9.17) is 0 Å². The zero-order valence-electron chi connectivity index (χ0n) is 15.4. The molecule has 156 valence electrons. The quantitative estimate of drug-likeness (QED) is 0.690. The van der Waals surface area contributed by atoms with Crippen molar-refractivity contribution < 1.29 is 22.5 Å². The van der Waals surface area contributed by atoms with Gasteiger partial charge in [0.05, 0.1) is 0 Å². The molecular weight excluding hydrogens is 405 g/mol. The fourth-order valence-corrected chi connectivity index (χ4v) is 3.33. The lowest BCUT2D eigenvalue weighted by atomic mass is 9.90. The van der Waals surface area contributed by atoms with E-state index in [9.17, 15) is 22.8 Å². The Morgan fingerprint density at radius 2 is 2.10 bits per heavy atom. The summed E-state index contributed by atoms with van der Waals surface area (Å²) in [5, 5.41) is 9.36. The summed E-state index contributed by atoms with van der Waals surface area (Å²) < 4.78 is 42.3. The first-order chi connectivity index (χ1) is 14.3. The predicted molar refractivity (Wildman–Crippen MR) is 95.3 cm³/mol. The molecule has 1 aliphatic heterocycles. The molecule has 30 heavy (non-hydrogen) atoms. The van der Waals surface area contributed by atoms with Crippen LogP contribution in [-0.4, -0.2) is 49.2 Å². The Balaban J connectivity index is 1.53. The van der Waals surface area contributed by atoms with Crippen molar-refractivity contribution in [3.05, 3.63) is 58.0 Å². The number of carbonyl (C=O) groups excluding carboxylic acids is 1. The van der Waals surface area contributed by atoms with Crippen LogP contribution in [0.1, 0.15) is 40.7 Å². The van der Waals surface area contributed by atoms with Crippen molar-refractivity contribution in [2.75, 3.05) is 13.1 Å². The van der Waals surface area contributed by atoms with E-state index in [0.717, 1.165) is 18.4 Å².